The van der Waals surface area contributed by atoms with E-state index in [1.807, 2.05) is 11.4 Å². The Morgan fingerprint density at radius 3 is 2.63 bits per heavy atom. The van der Waals surface area contributed by atoms with E-state index in [9.17, 15) is 0 Å². The van der Waals surface area contributed by atoms with Gasteiger partial charge in [-0.15, -0.1) is 11.3 Å². The molecule has 0 amide bonds. The van der Waals surface area contributed by atoms with Gasteiger partial charge in [0.1, 0.15) is 16.5 Å². The molecule has 0 saturated heterocycles. The lowest BCUT2D eigenvalue weighted by Crippen LogP contribution is -2.19. The molecule has 19 heavy (non-hydrogen) atoms. The number of nitrogen functional groups attached to an aromatic ring is 1. The molecule has 0 atom stereocenters. The Labute approximate surface area is 118 Å². The first-order chi connectivity index (χ1) is 9.15. The minimum atomic E-state index is 0.504. The first-order valence-corrected chi connectivity index (χ1v) is 8.03. The summed E-state index contributed by atoms with van der Waals surface area (Å²) in [6, 6.07) is 2.01. The van der Waals surface area contributed by atoms with Crippen LogP contribution < -0.4 is 5.73 Å². The van der Waals surface area contributed by atoms with Gasteiger partial charge < -0.3 is 5.73 Å². The number of thiophene rings is 1. The normalized spacial score (nSPS) is 24.2. The molecule has 1 aliphatic carbocycles. The molecule has 0 bridgehead atoms. The van der Waals surface area contributed by atoms with Gasteiger partial charge in [0.2, 0.25) is 0 Å². The summed E-state index contributed by atoms with van der Waals surface area (Å²) < 4.78 is 0. The lowest BCUT2D eigenvalue weighted by Gasteiger charge is -2.30. The molecule has 0 radical (unpaired) electrons. The van der Waals surface area contributed by atoms with Crippen LogP contribution in [0.5, 0.6) is 0 Å². The van der Waals surface area contributed by atoms with Crippen molar-refractivity contribution in [1.29, 1.82) is 0 Å². The van der Waals surface area contributed by atoms with Gasteiger partial charge in [-0.05, 0) is 49.0 Å². The van der Waals surface area contributed by atoms with Crippen LogP contribution in [0.15, 0.2) is 11.4 Å². The highest BCUT2D eigenvalue weighted by molar-refractivity contribution is 7.16. The summed E-state index contributed by atoms with van der Waals surface area (Å²) in [5.41, 5.74) is 6.04. The molecule has 3 nitrogen and oxygen atoms in total. The van der Waals surface area contributed by atoms with Crippen LogP contribution in [0.3, 0.4) is 0 Å². The molecule has 0 unspecified atom stereocenters. The highest BCUT2D eigenvalue weighted by Crippen LogP contribution is 2.38. The number of hydrogen-bond acceptors (Lipinski definition) is 4. The first-order valence-electron chi connectivity index (χ1n) is 7.15. The minimum Gasteiger partial charge on any atom is -0.383 e. The van der Waals surface area contributed by atoms with E-state index in [2.05, 4.69) is 18.8 Å². The molecule has 0 spiro atoms. The predicted molar refractivity (Wildman–Crippen MR) is 81.4 cm³/mol. The third-order valence-corrected chi connectivity index (χ3v) is 5.26. The highest BCUT2D eigenvalue weighted by atomic mass is 32.1. The van der Waals surface area contributed by atoms with Crippen LogP contribution in [0.25, 0.3) is 10.2 Å². The number of fused-ring (bicyclic) bond motifs is 1. The van der Waals surface area contributed by atoms with E-state index in [1.54, 1.807) is 11.3 Å². The third-order valence-electron chi connectivity index (χ3n) is 4.45. The molecule has 2 aromatic rings. The van der Waals surface area contributed by atoms with Gasteiger partial charge in [-0.1, -0.05) is 13.8 Å². The zero-order valence-corrected chi connectivity index (χ0v) is 12.4. The van der Waals surface area contributed by atoms with E-state index in [0.717, 1.165) is 27.9 Å². The van der Waals surface area contributed by atoms with E-state index in [4.69, 9.17) is 10.7 Å². The highest BCUT2D eigenvalue weighted by Gasteiger charge is 2.26. The molecule has 1 fully saturated rings. The molecule has 1 aliphatic rings. The Morgan fingerprint density at radius 2 is 1.95 bits per heavy atom. The zero-order chi connectivity index (χ0) is 13.4. The van der Waals surface area contributed by atoms with Crippen molar-refractivity contribution in [2.24, 2.45) is 11.8 Å². The Bertz CT molecular complexity index is 568. The molecule has 0 aliphatic heterocycles. The van der Waals surface area contributed by atoms with Crippen LogP contribution in [0, 0.1) is 11.8 Å². The van der Waals surface area contributed by atoms with Crippen LogP contribution in [0.1, 0.15) is 51.3 Å². The van der Waals surface area contributed by atoms with Crippen molar-refractivity contribution in [3.8, 4) is 0 Å². The van der Waals surface area contributed by atoms with Crippen LogP contribution in [-0.4, -0.2) is 9.97 Å². The average Bonchev–Trinajstić information content (AvgIpc) is 2.87. The Hall–Kier alpha value is -1.16. The fraction of sp³-hybridized carbons (Fsp3) is 0.600. The van der Waals surface area contributed by atoms with Crippen LogP contribution >= 0.6 is 11.3 Å². The summed E-state index contributed by atoms with van der Waals surface area (Å²) in [7, 11) is 0. The van der Waals surface area contributed by atoms with Gasteiger partial charge in [0.05, 0.1) is 5.39 Å². The smallest absolute Gasteiger partial charge is 0.135 e. The molecule has 0 aromatic carbocycles. The predicted octanol–water partition coefficient (Wildman–Crippen LogP) is 4.20. The summed E-state index contributed by atoms with van der Waals surface area (Å²) in [5.74, 6) is 3.79. The maximum Gasteiger partial charge on any atom is 0.135 e. The van der Waals surface area contributed by atoms with Crippen LogP contribution in [0.2, 0.25) is 0 Å². The summed E-state index contributed by atoms with van der Waals surface area (Å²) in [4.78, 5) is 10.3. The molecule has 3 rings (SSSR count). The molecule has 102 valence electrons. The Morgan fingerprint density at radius 1 is 1.21 bits per heavy atom. The van der Waals surface area contributed by atoms with Gasteiger partial charge in [-0.2, -0.15) is 0 Å². The van der Waals surface area contributed by atoms with Gasteiger partial charge in [-0.25, -0.2) is 9.97 Å². The number of rotatable bonds is 2. The van der Waals surface area contributed by atoms with Gasteiger partial charge in [0.15, 0.2) is 0 Å². The van der Waals surface area contributed by atoms with E-state index < -0.39 is 0 Å². The maximum atomic E-state index is 6.04. The summed E-state index contributed by atoms with van der Waals surface area (Å²) in [6.45, 7) is 4.66. The minimum absolute atomic E-state index is 0.504. The number of nitrogens with zero attached hydrogens (tertiary/aromatic N) is 2. The van der Waals surface area contributed by atoms with Gasteiger partial charge in [-0.3, -0.25) is 0 Å². The Kier molecular flexibility index (Phi) is 3.44. The number of aromatic nitrogens is 2. The lowest BCUT2D eigenvalue weighted by atomic mass is 9.77. The molecule has 1 saturated carbocycles. The topological polar surface area (TPSA) is 51.8 Å². The fourth-order valence-corrected chi connectivity index (χ4v) is 3.90. The van der Waals surface area contributed by atoms with Crippen molar-refractivity contribution >= 4 is 27.4 Å². The van der Waals surface area contributed by atoms with Crippen molar-refractivity contribution < 1.29 is 0 Å². The van der Waals surface area contributed by atoms with Gasteiger partial charge in [0, 0.05) is 5.92 Å². The number of hydrogen-bond donors (Lipinski definition) is 1. The van der Waals surface area contributed by atoms with E-state index in [1.165, 1.54) is 25.7 Å². The van der Waals surface area contributed by atoms with E-state index in [0.29, 0.717) is 11.7 Å². The van der Waals surface area contributed by atoms with Crippen molar-refractivity contribution in [2.75, 3.05) is 5.73 Å². The molecule has 2 heterocycles. The lowest BCUT2D eigenvalue weighted by molar-refractivity contribution is 0.255. The van der Waals surface area contributed by atoms with Crippen LogP contribution in [-0.2, 0) is 0 Å². The summed E-state index contributed by atoms with van der Waals surface area (Å²) in [5, 5.41) is 3.04. The van der Waals surface area contributed by atoms with Crippen molar-refractivity contribution in [1.82, 2.24) is 9.97 Å². The maximum absolute atomic E-state index is 6.04. The van der Waals surface area contributed by atoms with Gasteiger partial charge >= 0.3 is 0 Å². The van der Waals surface area contributed by atoms with E-state index in [-0.39, 0.29) is 0 Å². The van der Waals surface area contributed by atoms with Crippen molar-refractivity contribution in [3.05, 3.63) is 17.3 Å². The number of anilines is 1. The van der Waals surface area contributed by atoms with E-state index >= 15 is 0 Å². The Balaban J connectivity index is 1.81. The molecule has 4 heteroatoms. The summed E-state index contributed by atoms with van der Waals surface area (Å²) in [6.07, 6.45) is 5.01. The molecular weight excluding hydrogens is 254 g/mol. The molecule has 2 N–H and O–H groups in total. The van der Waals surface area contributed by atoms with Gasteiger partial charge in [0.25, 0.3) is 0 Å². The molecular formula is C15H21N3S. The van der Waals surface area contributed by atoms with Crippen LogP contribution in [0.4, 0.5) is 5.82 Å². The average molecular weight is 275 g/mol. The van der Waals surface area contributed by atoms with Crippen molar-refractivity contribution in [3.63, 3.8) is 0 Å². The molecule has 2 aromatic heterocycles. The zero-order valence-electron chi connectivity index (χ0n) is 11.6. The van der Waals surface area contributed by atoms with Crippen molar-refractivity contribution in [2.45, 2.75) is 45.4 Å². The standard InChI is InChI=1S/C15H21N3S/c1-9(2)10-3-5-11(6-4-10)14-17-13(16)12-7-8-19-15(12)18-14/h7-11H,3-6H2,1-2H3,(H2,16,17,18). The monoisotopic (exact) mass is 275 g/mol. The third kappa shape index (κ3) is 2.46. The first kappa shape index (κ1) is 12.9. The fourth-order valence-electron chi connectivity index (χ4n) is 3.12. The SMILES string of the molecule is CC(C)C1CCC(c2nc(N)c3ccsc3n2)CC1. The largest absolute Gasteiger partial charge is 0.383 e. The second-order valence-corrected chi connectivity index (χ2v) is 6.86. The second kappa shape index (κ2) is 5.08. The second-order valence-electron chi connectivity index (χ2n) is 5.96. The quantitative estimate of drug-likeness (QED) is 0.893. The number of nitrogens with two attached hydrogens (primary N) is 1. The summed E-state index contributed by atoms with van der Waals surface area (Å²) >= 11 is 1.65.